The smallest absolute Gasteiger partial charge is 0.255 e. The minimum Gasteiger partial charge on any atom is -0.489 e. The van der Waals surface area contributed by atoms with Crippen LogP contribution in [0.2, 0.25) is 10.0 Å². The summed E-state index contributed by atoms with van der Waals surface area (Å²) in [7, 11) is 0. The fourth-order valence-electron chi connectivity index (χ4n) is 2.39. The fraction of sp³-hybridized carbons (Fsp3) is 0.158. The third-order valence-corrected chi connectivity index (χ3v) is 4.49. The van der Waals surface area contributed by atoms with E-state index in [4.69, 9.17) is 32.5 Å². The topological polar surface area (TPSA) is 64.4 Å². The van der Waals surface area contributed by atoms with Crippen molar-refractivity contribution in [2.24, 2.45) is 0 Å². The molecular weight excluding hydrogens is 375 g/mol. The number of carbonyl (C=O) groups excluding carboxylic acids is 1. The Morgan fingerprint density at radius 2 is 1.85 bits per heavy atom. The molecule has 0 spiro atoms. The van der Waals surface area contributed by atoms with E-state index >= 15 is 0 Å². The Bertz CT molecular complexity index is 914. The Morgan fingerprint density at radius 1 is 1.15 bits per heavy atom. The minimum atomic E-state index is -0.331. The molecule has 0 radical (unpaired) electrons. The molecule has 3 rings (SSSR count). The number of nitrogens with one attached hydrogen (secondary N) is 1. The van der Waals surface area contributed by atoms with Crippen LogP contribution in [-0.4, -0.2) is 11.1 Å². The number of hydrogen-bond donors (Lipinski definition) is 1. The van der Waals surface area contributed by atoms with Gasteiger partial charge in [-0.05, 0) is 44.2 Å². The Kier molecular flexibility index (Phi) is 5.49. The number of carbonyl (C=O) groups is 1. The molecule has 7 heteroatoms. The minimum absolute atomic E-state index is 0.308. The summed E-state index contributed by atoms with van der Waals surface area (Å²) in [6.07, 6.45) is 0. The van der Waals surface area contributed by atoms with Crippen molar-refractivity contribution in [3.8, 4) is 5.75 Å². The molecule has 1 N–H and O–H groups in total. The van der Waals surface area contributed by atoms with Crippen molar-refractivity contribution in [1.82, 2.24) is 5.16 Å². The molecule has 1 aromatic heterocycles. The fourth-order valence-corrected chi connectivity index (χ4v) is 2.89. The quantitative estimate of drug-likeness (QED) is 0.630. The summed E-state index contributed by atoms with van der Waals surface area (Å²) in [5.74, 6) is 0.940. The largest absolute Gasteiger partial charge is 0.489 e. The van der Waals surface area contributed by atoms with Crippen LogP contribution in [-0.2, 0) is 6.61 Å². The maximum atomic E-state index is 12.5. The SMILES string of the molecule is Cc1noc(C)c1COc1cccc(C(=O)Nc2c(Cl)cccc2Cl)c1. The number of ether oxygens (including phenoxy) is 1. The van der Waals surface area contributed by atoms with Crippen molar-refractivity contribution in [3.63, 3.8) is 0 Å². The first-order valence-electron chi connectivity index (χ1n) is 7.85. The number of aromatic nitrogens is 1. The predicted molar refractivity (Wildman–Crippen MR) is 101 cm³/mol. The van der Waals surface area contributed by atoms with Crippen LogP contribution in [0.15, 0.2) is 47.0 Å². The lowest BCUT2D eigenvalue weighted by molar-refractivity contribution is 0.102. The normalized spacial score (nSPS) is 10.6. The number of aryl methyl sites for hydroxylation is 2. The molecule has 0 aliphatic rings. The maximum absolute atomic E-state index is 12.5. The van der Waals surface area contributed by atoms with E-state index in [9.17, 15) is 4.79 Å². The van der Waals surface area contributed by atoms with Crippen molar-refractivity contribution < 1.29 is 14.1 Å². The van der Waals surface area contributed by atoms with Crippen molar-refractivity contribution in [2.75, 3.05) is 5.32 Å². The molecular formula is C19H16Cl2N2O3. The van der Waals surface area contributed by atoms with Gasteiger partial charge in [-0.2, -0.15) is 0 Å². The van der Waals surface area contributed by atoms with Gasteiger partial charge in [-0.15, -0.1) is 0 Å². The average molecular weight is 391 g/mol. The van der Waals surface area contributed by atoms with Gasteiger partial charge >= 0.3 is 0 Å². The van der Waals surface area contributed by atoms with Gasteiger partial charge in [0.25, 0.3) is 5.91 Å². The molecule has 26 heavy (non-hydrogen) atoms. The van der Waals surface area contributed by atoms with Gasteiger partial charge in [0.1, 0.15) is 18.1 Å². The van der Waals surface area contributed by atoms with Crippen LogP contribution in [0.3, 0.4) is 0 Å². The Labute approximate surface area is 160 Å². The summed E-state index contributed by atoms with van der Waals surface area (Å²) in [4.78, 5) is 12.5. The molecule has 2 aromatic carbocycles. The van der Waals surface area contributed by atoms with Crippen LogP contribution in [0.4, 0.5) is 5.69 Å². The average Bonchev–Trinajstić information content (AvgIpc) is 2.94. The highest BCUT2D eigenvalue weighted by Crippen LogP contribution is 2.30. The van der Waals surface area contributed by atoms with Crippen molar-refractivity contribution in [3.05, 3.63) is 75.1 Å². The zero-order valence-electron chi connectivity index (χ0n) is 14.2. The number of amides is 1. The van der Waals surface area contributed by atoms with Crippen molar-refractivity contribution >= 4 is 34.8 Å². The summed E-state index contributed by atoms with van der Waals surface area (Å²) in [6, 6.07) is 11.9. The number of halogens is 2. The molecule has 5 nitrogen and oxygen atoms in total. The van der Waals surface area contributed by atoms with E-state index in [1.807, 2.05) is 13.8 Å². The van der Waals surface area contributed by atoms with Crippen LogP contribution in [0.25, 0.3) is 0 Å². The molecule has 0 saturated heterocycles. The number of hydrogen-bond acceptors (Lipinski definition) is 4. The number of nitrogens with zero attached hydrogens (tertiary/aromatic N) is 1. The lowest BCUT2D eigenvalue weighted by Crippen LogP contribution is -2.12. The highest BCUT2D eigenvalue weighted by Gasteiger charge is 2.13. The van der Waals surface area contributed by atoms with Crippen LogP contribution in [0.1, 0.15) is 27.4 Å². The van der Waals surface area contributed by atoms with E-state index in [-0.39, 0.29) is 5.91 Å². The molecule has 0 unspecified atom stereocenters. The predicted octanol–water partition coefficient (Wildman–Crippen LogP) is 5.43. The van der Waals surface area contributed by atoms with E-state index in [0.717, 1.165) is 11.3 Å². The molecule has 0 atom stereocenters. The summed E-state index contributed by atoms with van der Waals surface area (Å²) in [6.45, 7) is 3.99. The standard InChI is InChI=1S/C19H16Cl2N2O3/c1-11-15(12(2)26-23-11)10-25-14-6-3-5-13(9-14)19(24)22-18-16(20)7-4-8-17(18)21/h3-9H,10H2,1-2H3,(H,22,24). The van der Waals surface area contributed by atoms with Crippen LogP contribution >= 0.6 is 23.2 Å². The first-order valence-corrected chi connectivity index (χ1v) is 8.61. The van der Waals surface area contributed by atoms with Gasteiger partial charge in [0.2, 0.25) is 0 Å². The third-order valence-electron chi connectivity index (χ3n) is 3.86. The van der Waals surface area contributed by atoms with Gasteiger partial charge < -0.3 is 14.6 Å². The second kappa shape index (κ2) is 7.81. The molecule has 134 valence electrons. The van der Waals surface area contributed by atoms with Crippen LogP contribution in [0.5, 0.6) is 5.75 Å². The lowest BCUT2D eigenvalue weighted by atomic mass is 10.2. The molecule has 1 amide bonds. The van der Waals surface area contributed by atoms with E-state index in [1.54, 1.807) is 42.5 Å². The van der Waals surface area contributed by atoms with Crippen molar-refractivity contribution in [1.29, 1.82) is 0 Å². The van der Waals surface area contributed by atoms with Gasteiger partial charge in [-0.25, -0.2) is 0 Å². The number of para-hydroxylation sites is 1. The molecule has 0 aliphatic heterocycles. The Morgan fingerprint density at radius 3 is 2.50 bits per heavy atom. The van der Waals surface area contributed by atoms with Gasteiger partial charge in [-0.1, -0.05) is 40.5 Å². The number of benzene rings is 2. The van der Waals surface area contributed by atoms with Gasteiger partial charge in [0, 0.05) is 5.56 Å². The molecule has 0 bridgehead atoms. The van der Waals surface area contributed by atoms with Crippen molar-refractivity contribution in [2.45, 2.75) is 20.5 Å². The summed E-state index contributed by atoms with van der Waals surface area (Å²) in [5, 5.41) is 7.36. The van der Waals surface area contributed by atoms with E-state index < -0.39 is 0 Å². The van der Waals surface area contributed by atoms with Crippen LogP contribution < -0.4 is 10.1 Å². The second-order valence-electron chi connectivity index (χ2n) is 5.67. The molecule has 0 fully saturated rings. The van der Waals surface area contributed by atoms with Gasteiger partial charge in [0.15, 0.2) is 0 Å². The van der Waals surface area contributed by atoms with Crippen LogP contribution in [0, 0.1) is 13.8 Å². The van der Waals surface area contributed by atoms with E-state index in [0.29, 0.717) is 39.4 Å². The maximum Gasteiger partial charge on any atom is 0.255 e. The number of anilines is 1. The lowest BCUT2D eigenvalue weighted by Gasteiger charge is -2.10. The zero-order valence-corrected chi connectivity index (χ0v) is 15.7. The summed E-state index contributed by atoms with van der Waals surface area (Å²) < 4.78 is 10.9. The monoisotopic (exact) mass is 390 g/mol. The third kappa shape index (κ3) is 4.00. The zero-order chi connectivity index (χ0) is 18.7. The summed E-state index contributed by atoms with van der Waals surface area (Å²) >= 11 is 12.2. The molecule has 3 aromatic rings. The Balaban J connectivity index is 1.73. The number of rotatable bonds is 5. The first-order chi connectivity index (χ1) is 12.5. The molecule has 0 aliphatic carbocycles. The second-order valence-corrected chi connectivity index (χ2v) is 6.48. The Hall–Kier alpha value is -2.50. The summed E-state index contributed by atoms with van der Waals surface area (Å²) in [5.41, 5.74) is 2.48. The highest BCUT2D eigenvalue weighted by molar-refractivity contribution is 6.40. The molecule has 1 heterocycles. The van der Waals surface area contributed by atoms with E-state index in [2.05, 4.69) is 10.5 Å². The van der Waals surface area contributed by atoms with Gasteiger partial charge in [-0.3, -0.25) is 4.79 Å². The van der Waals surface area contributed by atoms with E-state index in [1.165, 1.54) is 0 Å². The molecule has 0 saturated carbocycles. The first kappa shape index (κ1) is 18.3. The van der Waals surface area contributed by atoms with Gasteiger partial charge in [0.05, 0.1) is 27.0 Å². The highest BCUT2D eigenvalue weighted by atomic mass is 35.5.